The van der Waals surface area contributed by atoms with E-state index in [0.29, 0.717) is 11.2 Å². The summed E-state index contributed by atoms with van der Waals surface area (Å²) in [5, 5.41) is 2.43. The molecule has 0 atom stereocenters. The Morgan fingerprint density at radius 3 is 2.77 bits per heavy atom. The smallest absolute Gasteiger partial charge is 0.408 e. The van der Waals surface area contributed by atoms with E-state index < -0.39 is 28.9 Å². The maximum Gasteiger partial charge on any atom is 0.419 e. The van der Waals surface area contributed by atoms with Gasteiger partial charge in [-0.25, -0.2) is 13.6 Å². The fourth-order valence-corrected chi connectivity index (χ4v) is 2.09. The molecule has 0 saturated carbocycles. The van der Waals surface area contributed by atoms with Crippen molar-refractivity contribution in [3.63, 3.8) is 0 Å². The molecule has 22 heavy (non-hydrogen) atoms. The molecule has 0 unspecified atom stereocenters. The largest absolute Gasteiger partial charge is 0.419 e. The number of carbonyl (C=O) groups excluding carboxylic acids is 1. The molecule has 112 valence electrons. The van der Waals surface area contributed by atoms with Crippen molar-refractivity contribution in [2.75, 3.05) is 5.32 Å². The number of aryl methyl sites for hydroxylation is 1. The average Bonchev–Trinajstić information content (AvgIpc) is 2.76. The SMILES string of the molecule is Cn1c(=O)oc2cc(NC(=O)c3cccc(F)c3F)ccc21. The predicted molar refractivity (Wildman–Crippen MR) is 75.8 cm³/mol. The Labute approximate surface area is 122 Å². The van der Waals surface area contributed by atoms with Crippen LogP contribution in [0.25, 0.3) is 11.1 Å². The second-order valence-electron chi connectivity index (χ2n) is 4.66. The number of nitrogens with one attached hydrogen (secondary N) is 1. The Bertz CT molecular complexity index is 944. The van der Waals surface area contributed by atoms with Crippen molar-refractivity contribution in [1.29, 1.82) is 0 Å². The molecular weight excluding hydrogens is 294 g/mol. The van der Waals surface area contributed by atoms with Crippen LogP contribution in [0.4, 0.5) is 14.5 Å². The van der Waals surface area contributed by atoms with Crippen LogP contribution in [0.1, 0.15) is 10.4 Å². The third-order valence-corrected chi connectivity index (χ3v) is 3.25. The number of carbonyl (C=O) groups is 1. The molecule has 0 radical (unpaired) electrons. The van der Waals surface area contributed by atoms with Crippen LogP contribution in [0.2, 0.25) is 0 Å². The molecule has 0 bridgehead atoms. The van der Waals surface area contributed by atoms with Crippen molar-refractivity contribution >= 4 is 22.7 Å². The number of halogens is 2. The van der Waals surface area contributed by atoms with E-state index in [2.05, 4.69) is 5.32 Å². The quantitative estimate of drug-likeness (QED) is 0.791. The molecule has 0 fully saturated rings. The number of anilines is 1. The second kappa shape index (κ2) is 5.10. The van der Waals surface area contributed by atoms with Crippen LogP contribution in [0.15, 0.2) is 45.6 Å². The summed E-state index contributed by atoms with van der Waals surface area (Å²) in [5.74, 6) is -3.64. The number of fused-ring (bicyclic) bond motifs is 1. The minimum absolute atomic E-state index is 0.282. The molecule has 5 nitrogen and oxygen atoms in total. The van der Waals surface area contributed by atoms with E-state index >= 15 is 0 Å². The van der Waals surface area contributed by atoms with Gasteiger partial charge in [0.05, 0.1) is 11.1 Å². The van der Waals surface area contributed by atoms with Gasteiger partial charge in [-0.3, -0.25) is 9.36 Å². The van der Waals surface area contributed by atoms with Crippen LogP contribution in [-0.4, -0.2) is 10.5 Å². The summed E-state index contributed by atoms with van der Waals surface area (Å²) in [7, 11) is 1.55. The lowest BCUT2D eigenvalue weighted by Gasteiger charge is -2.06. The molecule has 0 spiro atoms. The van der Waals surface area contributed by atoms with Crippen molar-refractivity contribution in [3.8, 4) is 0 Å². The lowest BCUT2D eigenvalue weighted by Crippen LogP contribution is -2.14. The Morgan fingerprint density at radius 2 is 2.00 bits per heavy atom. The lowest BCUT2D eigenvalue weighted by atomic mass is 10.2. The third-order valence-electron chi connectivity index (χ3n) is 3.25. The van der Waals surface area contributed by atoms with Gasteiger partial charge in [-0.15, -0.1) is 0 Å². The van der Waals surface area contributed by atoms with Crippen LogP contribution < -0.4 is 11.1 Å². The van der Waals surface area contributed by atoms with E-state index in [1.54, 1.807) is 13.1 Å². The van der Waals surface area contributed by atoms with Crippen LogP contribution >= 0.6 is 0 Å². The molecule has 2 aromatic carbocycles. The molecule has 1 amide bonds. The average molecular weight is 304 g/mol. The highest BCUT2D eigenvalue weighted by Gasteiger charge is 2.16. The number of hydrogen-bond donors (Lipinski definition) is 1. The maximum absolute atomic E-state index is 13.6. The molecule has 3 aromatic rings. The van der Waals surface area contributed by atoms with Crippen molar-refractivity contribution < 1.29 is 18.0 Å². The molecule has 1 heterocycles. The molecular formula is C15H10F2N2O3. The van der Waals surface area contributed by atoms with Crippen LogP contribution in [-0.2, 0) is 7.05 Å². The summed E-state index contributed by atoms with van der Waals surface area (Å²) in [5.41, 5.74) is 0.732. The molecule has 0 saturated heterocycles. The van der Waals surface area contributed by atoms with E-state index in [1.807, 2.05) is 0 Å². The predicted octanol–water partition coefficient (Wildman–Crippen LogP) is 2.66. The first-order valence-electron chi connectivity index (χ1n) is 6.32. The van der Waals surface area contributed by atoms with Gasteiger partial charge in [0, 0.05) is 18.8 Å². The Balaban J connectivity index is 1.94. The highest BCUT2D eigenvalue weighted by molar-refractivity contribution is 6.05. The second-order valence-corrected chi connectivity index (χ2v) is 4.66. The van der Waals surface area contributed by atoms with Gasteiger partial charge in [0.25, 0.3) is 5.91 Å². The summed E-state index contributed by atoms with van der Waals surface area (Å²) in [4.78, 5) is 23.4. The van der Waals surface area contributed by atoms with Crippen LogP contribution in [0, 0.1) is 11.6 Å². The lowest BCUT2D eigenvalue weighted by molar-refractivity contribution is 0.102. The zero-order chi connectivity index (χ0) is 15.9. The first-order valence-corrected chi connectivity index (χ1v) is 6.32. The topological polar surface area (TPSA) is 64.2 Å². The summed E-state index contributed by atoms with van der Waals surface area (Å²) >= 11 is 0. The van der Waals surface area contributed by atoms with Gasteiger partial charge in [0.2, 0.25) is 0 Å². The van der Waals surface area contributed by atoms with Crippen molar-refractivity contribution in [2.24, 2.45) is 7.05 Å². The molecule has 1 N–H and O–H groups in total. The van der Waals surface area contributed by atoms with Gasteiger partial charge in [0.1, 0.15) is 0 Å². The molecule has 0 aliphatic heterocycles. The van der Waals surface area contributed by atoms with Crippen LogP contribution in [0.3, 0.4) is 0 Å². The molecule has 0 aliphatic carbocycles. The number of benzene rings is 2. The summed E-state index contributed by atoms with van der Waals surface area (Å²) < 4.78 is 33.0. The minimum atomic E-state index is -1.22. The first kappa shape index (κ1) is 14.0. The van der Waals surface area contributed by atoms with Gasteiger partial charge in [0.15, 0.2) is 17.2 Å². The maximum atomic E-state index is 13.6. The first-order chi connectivity index (χ1) is 10.5. The number of aromatic nitrogens is 1. The minimum Gasteiger partial charge on any atom is -0.408 e. The molecule has 3 rings (SSSR count). The van der Waals surface area contributed by atoms with E-state index in [-0.39, 0.29) is 5.58 Å². The standard InChI is InChI=1S/C15H10F2N2O3/c1-19-11-6-5-8(7-12(11)22-15(19)21)18-14(20)9-3-2-4-10(16)13(9)17/h2-7H,1H3,(H,18,20). The third kappa shape index (κ3) is 2.26. The van der Waals surface area contributed by atoms with Gasteiger partial charge < -0.3 is 9.73 Å². The van der Waals surface area contributed by atoms with E-state index in [9.17, 15) is 18.4 Å². The normalized spacial score (nSPS) is 10.9. The molecule has 1 aromatic heterocycles. The van der Waals surface area contributed by atoms with E-state index in [0.717, 1.165) is 6.07 Å². The number of amides is 1. The zero-order valence-electron chi connectivity index (χ0n) is 11.4. The monoisotopic (exact) mass is 304 g/mol. The Kier molecular flexibility index (Phi) is 3.25. The Hall–Kier alpha value is -2.96. The fraction of sp³-hybridized carbons (Fsp3) is 0.0667. The number of rotatable bonds is 2. The van der Waals surface area contributed by atoms with Crippen LogP contribution in [0.5, 0.6) is 0 Å². The van der Waals surface area contributed by atoms with Gasteiger partial charge in [-0.2, -0.15) is 0 Å². The summed E-state index contributed by atoms with van der Waals surface area (Å²) in [6.45, 7) is 0. The highest BCUT2D eigenvalue weighted by Crippen LogP contribution is 2.19. The molecule has 7 heteroatoms. The number of oxazole rings is 1. The van der Waals surface area contributed by atoms with Crippen molar-refractivity contribution in [2.45, 2.75) is 0 Å². The Morgan fingerprint density at radius 1 is 1.23 bits per heavy atom. The van der Waals surface area contributed by atoms with Gasteiger partial charge >= 0.3 is 5.76 Å². The number of nitrogens with zero attached hydrogens (tertiary/aromatic N) is 1. The van der Waals surface area contributed by atoms with E-state index in [1.165, 1.54) is 28.8 Å². The zero-order valence-corrected chi connectivity index (χ0v) is 11.4. The highest BCUT2D eigenvalue weighted by atomic mass is 19.2. The fourth-order valence-electron chi connectivity index (χ4n) is 2.09. The number of hydrogen-bond acceptors (Lipinski definition) is 3. The molecule has 0 aliphatic rings. The van der Waals surface area contributed by atoms with Crippen molar-refractivity contribution in [1.82, 2.24) is 4.57 Å². The van der Waals surface area contributed by atoms with Gasteiger partial charge in [-0.1, -0.05) is 6.07 Å². The van der Waals surface area contributed by atoms with Gasteiger partial charge in [-0.05, 0) is 24.3 Å². The summed E-state index contributed by atoms with van der Waals surface area (Å²) in [6.07, 6.45) is 0. The van der Waals surface area contributed by atoms with E-state index in [4.69, 9.17) is 4.42 Å². The summed E-state index contributed by atoms with van der Waals surface area (Å²) in [6, 6.07) is 7.90. The van der Waals surface area contributed by atoms with Crippen molar-refractivity contribution in [3.05, 3.63) is 64.1 Å².